The van der Waals surface area contributed by atoms with E-state index in [-0.39, 0.29) is 11.7 Å². The Morgan fingerprint density at radius 1 is 1.04 bits per heavy atom. The number of amides is 1. The number of nitrogens with two attached hydrogens (primary N) is 1. The summed E-state index contributed by atoms with van der Waals surface area (Å²) in [5.41, 5.74) is 3.16. The SMILES string of the molecule is CCN(C)c1ccc(C(=O)NCc2ccc(CS(N)(=O)=O)cc2)cc1. The molecule has 0 aromatic heterocycles. The van der Waals surface area contributed by atoms with Crippen LogP contribution in [0.3, 0.4) is 0 Å². The topological polar surface area (TPSA) is 92.5 Å². The van der Waals surface area contributed by atoms with E-state index in [1.54, 1.807) is 36.4 Å². The van der Waals surface area contributed by atoms with Gasteiger partial charge in [-0.3, -0.25) is 4.79 Å². The van der Waals surface area contributed by atoms with Gasteiger partial charge in [0.15, 0.2) is 0 Å². The maximum absolute atomic E-state index is 12.2. The van der Waals surface area contributed by atoms with Crippen LogP contribution in [0.25, 0.3) is 0 Å². The maximum atomic E-state index is 12.2. The van der Waals surface area contributed by atoms with Crippen molar-refractivity contribution in [3.8, 4) is 0 Å². The van der Waals surface area contributed by atoms with E-state index in [1.807, 2.05) is 19.2 Å². The van der Waals surface area contributed by atoms with Crippen molar-refractivity contribution in [2.45, 2.75) is 19.2 Å². The fourth-order valence-electron chi connectivity index (χ4n) is 2.32. The average Bonchev–Trinajstić information content (AvgIpc) is 2.59. The number of hydrogen-bond acceptors (Lipinski definition) is 4. The van der Waals surface area contributed by atoms with E-state index in [0.29, 0.717) is 17.7 Å². The second-order valence-electron chi connectivity index (χ2n) is 5.87. The Bertz CT molecular complexity index is 816. The molecular formula is C18H23N3O3S. The molecule has 0 heterocycles. The van der Waals surface area contributed by atoms with Crippen LogP contribution in [0.5, 0.6) is 0 Å². The van der Waals surface area contributed by atoms with Crippen LogP contribution in [0.15, 0.2) is 48.5 Å². The molecule has 0 atom stereocenters. The average molecular weight is 361 g/mol. The minimum Gasteiger partial charge on any atom is -0.375 e. The van der Waals surface area contributed by atoms with Crippen molar-refractivity contribution < 1.29 is 13.2 Å². The van der Waals surface area contributed by atoms with Crippen molar-refractivity contribution in [1.29, 1.82) is 0 Å². The largest absolute Gasteiger partial charge is 0.375 e. The second kappa shape index (κ2) is 8.13. The fraction of sp³-hybridized carbons (Fsp3) is 0.278. The first-order valence-electron chi connectivity index (χ1n) is 7.96. The summed E-state index contributed by atoms with van der Waals surface area (Å²) in [5, 5.41) is 7.87. The van der Waals surface area contributed by atoms with Crippen molar-refractivity contribution in [2.24, 2.45) is 5.14 Å². The molecule has 2 rings (SSSR count). The van der Waals surface area contributed by atoms with Crippen LogP contribution < -0.4 is 15.4 Å². The Balaban J connectivity index is 1.93. The van der Waals surface area contributed by atoms with Crippen LogP contribution in [-0.4, -0.2) is 27.9 Å². The molecule has 0 aliphatic rings. The number of rotatable bonds is 7. The summed E-state index contributed by atoms with van der Waals surface area (Å²) in [6.45, 7) is 3.33. The molecule has 0 unspecified atom stereocenters. The highest BCUT2D eigenvalue weighted by molar-refractivity contribution is 7.88. The van der Waals surface area contributed by atoms with E-state index in [2.05, 4.69) is 17.1 Å². The minimum absolute atomic E-state index is 0.153. The molecule has 2 aromatic rings. The number of anilines is 1. The van der Waals surface area contributed by atoms with Crippen molar-refractivity contribution in [3.63, 3.8) is 0 Å². The first-order chi connectivity index (χ1) is 11.8. The van der Waals surface area contributed by atoms with Gasteiger partial charge < -0.3 is 10.2 Å². The first-order valence-corrected chi connectivity index (χ1v) is 9.67. The standard InChI is InChI=1S/C18H23N3O3S/c1-3-21(2)17-10-8-16(9-11-17)18(22)20-12-14-4-6-15(7-5-14)13-25(19,23)24/h4-11H,3,12-13H2,1-2H3,(H,20,22)(H2,19,23,24). The first kappa shape index (κ1) is 19.0. The molecule has 7 heteroatoms. The highest BCUT2D eigenvalue weighted by Gasteiger charge is 2.07. The molecule has 134 valence electrons. The third kappa shape index (κ3) is 5.88. The number of carbonyl (C=O) groups excluding carboxylic acids is 1. The van der Waals surface area contributed by atoms with Gasteiger partial charge in [-0.15, -0.1) is 0 Å². The summed E-state index contributed by atoms with van der Waals surface area (Å²) >= 11 is 0. The van der Waals surface area contributed by atoms with Crippen LogP contribution >= 0.6 is 0 Å². The van der Waals surface area contributed by atoms with Gasteiger partial charge in [0.2, 0.25) is 10.0 Å². The van der Waals surface area contributed by atoms with Gasteiger partial charge in [0, 0.05) is 31.4 Å². The summed E-state index contributed by atoms with van der Waals surface area (Å²) in [6.07, 6.45) is 0. The van der Waals surface area contributed by atoms with Gasteiger partial charge in [-0.1, -0.05) is 24.3 Å². The smallest absolute Gasteiger partial charge is 0.251 e. The van der Waals surface area contributed by atoms with Gasteiger partial charge in [0.25, 0.3) is 5.91 Å². The zero-order valence-electron chi connectivity index (χ0n) is 14.4. The number of nitrogens with one attached hydrogen (secondary N) is 1. The normalized spacial score (nSPS) is 11.2. The zero-order valence-corrected chi connectivity index (χ0v) is 15.2. The predicted octanol–water partition coefficient (Wildman–Crippen LogP) is 1.86. The van der Waals surface area contributed by atoms with Crippen LogP contribution in [0.1, 0.15) is 28.4 Å². The van der Waals surface area contributed by atoms with E-state index in [4.69, 9.17) is 5.14 Å². The second-order valence-corrected chi connectivity index (χ2v) is 7.48. The maximum Gasteiger partial charge on any atom is 0.251 e. The monoisotopic (exact) mass is 361 g/mol. The lowest BCUT2D eigenvalue weighted by atomic mass is 10.1. The molecule has 0 aliphatic heterocycles. The molecule has 0 saturated heterocycles. The highest BCUT2D eigenvalue weighted by atomic mass is 32.2. The van der Waals surface area contributed by atoms with E-state index in [0.717, 1.165) is 17.8 Å². The van der Waals surface area contributed by atoms with E-state index >= 15 is 0 Å². The number of nitrogens with zero attached hydrogens (tertiary/aromatic N) is 1. The van der Waals surface area contributed by atoms with Crippen molar-refractivity contribution >= 4 is 21.6 Å². The van der Waals surface area contributed by atoms with E-state index in [1.165, 1.54) is 0 Å². The molecule has 25 heavy (non-hydrogen) atoms. The lowest BCUT2D eigenvalue weighted by Gasteiger charge is -2.16. The van der Waals surface area contributed by atoms with Gasteiger partial charge in [0.05, 0.1) is 5.75 Å². The van der Waals surface area contributed by atoms with Gasteiger partial charge in [-0.05, 0) is 42.3 Å². The summed E-state index contributed by atoms with van der Waals surface area (Å²) in [7, 11) is -1.54. The number of sulfonamides is 1. The molecule has 0 radical (unpaired) electrons. The van der Waals surface area contributed by atoms with Crippen molar-refractivity contribution in [1.82, 2.24) is 5.32 Å². The highest BCUT2D eigenvalue weighted by Crippen LogP contribution is 2.13. The van der Waals surface area contributed by atoms with Crippen molar-refractivity contribution in [2.75, 3.05) is 18.5 Å². The van der Waals surface area contributed by atoms with Crippen LogP contribution in [0.2, 0.25) is 0 Å². The summed E-state index contributed by atoms with van der Waals surface area (Å²) < 4.78 is 22.1. The van der Waals surface area contributed by atoms with E-state index < -0.39 is 10.0 Å². The third-order valence-corrected chi connectivity index (χ3v) is 4.62. The molecule has 0 fully saturated rings. The zero-order chi connectivity index (χ0) is 18.4. The van der Waals surface area contributed by atoms with Gasteiger partial charge in [-0.25, -0.2) is 13.6 Å². The Morgan fingerprint density at radius 3 is 2.12 bits per heavy atom. The summed E-state index contributed by atoms with van der Waals surface area (Å²) in [6, 6.07) is 14.4. The van der Waals surface area contributed by atoms with Gasteiger partial charge >= 0.3 is 0 Å². The number of primary sulfonamides is 1. The quantitative estimate of drug-likeness (QED) is 0.787. The molecule has 6 nitrogen and oxygen atoms in total. The Labute approximate surface area is 148 Å². The molecule has 1 amide bonds. The summed E-state index contributed by atoms with van der Waals surface area (Å²) in [5.74, 6) is -0.350. The molecule has 0 saturated carbocycles. The van der Waals surface area contributed by atoms with Gasteiger partial charge in [0.1, 0.15) is 0 Å². The number of carbonyl (C=O) groups is 1. The lowest BCUT2D eigenvalue weighted by molar-refractivity contribution is 0.0951. The Morgan fingerprint density at radius 2 is 1.60 bits per heavy atom. The van der Waals surface area contributed by atoms with Gasteiger partial charge in [-0.2, -0.15) is 0 Å². The molecule has 0 bridgehead atoms. The predicted molar refractivity (Wildman–Crippen MR) is 99.8 cm³/mol. The lowest BCUT2D eigenvalue weighted by Crippen LogP contribution is -2.23. The number of hydrogen-bond donors (Lipinski definition) is 2. The van der Waals surface area contributed by atoms with Crippen molar-refractivity contribution in [3.05, 3.63) is 65.2 Å². The molecular weight excluding hydrogens is 338 g/mol. The van der Waals surface area contributed by atoms with Crippen LogP contribution in [-0.2, 0) is 22.3 Å². The Kier molecular flexibility index (Phi) is 6.17. The minimum atomic E-state index is -3.54. The molecule has 0 spiro atoms. The molecule has 2 aromatic carbocycles. The molecule has 3 N–H and O–H groups in total. The fourth-order valence-corrected chi connectivity index (χ4v) is 2.98. The Hall–Kier alpha value is -2.38. The van der Waals surface area contributed by atoms with Crippen LogP contribution in [0.4, 0.5) is 5.69 Å². The van der Waals surface area contributed by atoms with E-state index in [9.17, 15) is 13.2 Å². The molecule has 0 aliphatic carbocycles. The number of benzene rings is 2. The summed E-state index contributed by atoms with van der Waals surface area (Å²) in [4.78, 5) is 14.3. The van der Waals surface area contributed by atoms with Crippen LogP contribution in [0, 0.1) is 0 Å². The third-order valence-electron chi connectivity index (χ3n) is 3.89.